The van der Waals surface area contributed by atoms with E-state index in [0.717, 1.165) is 26.0 Å². The van der Waals surface area contributed by atoms with Crippen molar-refractivity contribution in [1.82, 2.24) is 10.2 Å². The molecule has 1 amide bonds. The van der Waals surface area contributed by atoms with Crippen LogP contribution in [-0.2, 0) is 9.47 Å². The fourth-order valence-electron chi connectivity index (χ4n) is 1.91. The lowest BCUT2D eigenvalue weighted by Crippen LogP contribution is -2.43. The molecule has 0 aromatic carbocycles. The molecule has 0 aliphatic heterocycles. The van der Waals surface area contributed by atoms with Crippen molar-refractivity contribution in [3.8, 4) is 0 Å². The number of hydrogen-bond acceptors (Lipinski definition) is 4. The summed E-state index contributed by atoms with van der Waals surface area (Å²) in [4.78, 5) is 14.0. The molecule has 0 aromatic heterocycles. The Hall–Kier alpha value is -0.810. The standard InChI is InChI=1S/C15H30N2O3/c1-6-19-11-12(2)16-9-10-17(13-7-8-13)14(18)20-15(3,4)5/h12-13,16H,6-11H2,1-5H3. The summed E-state index contributed by atoms with van der Waals surface area (Å²) in [6, 6.07) is 0.670. The van der Waals surface area contributed by atoms with Gasteiger partial charge in [0.15, 0.2) is 0 Å². The predicted molar refractivity (Wildman–Crippen MR) is 79.9 cm³/mol. The molecule has 1 aliphatic rings. The predicted octanol–water partition coefficient (Wildman–Crippen LogP) is 2.40. The van der Waals surface area contributed by atoms with Gasteiger partial charge < -0.3 is 19.7 Å². The van der Waals surface area contributed by atoms with Gasteiger partial charge in [-0.25, -0.2) is 4.79 Å². The Morgan fingerprint density at radius 1 is 1.40 bits per heavy atom. The minimum atomic E-state index is -0.431. The van der Waals surface area contributed by atoms with E-state index in [0.29, 0.717) is 25.2 Å². The molecule has 0 heterocycles. The van der Waals surface area contributed by atoms with Crippen LogP contribution in [0.25, 0.3) is 0 Å². The van der Waals surface area contributed by atoms with Gasteiger partial charge in [-0.05, 0) is 47.5 Å². The first-order valence-electron chi connectivity index (χ1n) is 7.64. The molecule has 1 N–H and O–H groups in total. The van der Waals surface area contributed by atoms with Gasteiger partial charge in [0, 0.05) is 31.8 Å². The van der Waals surface area contributed by atoms with Gasteiger partial charge in [0.2, 0.25) is 0 Å². The third-order valence-electron chi connectivity index (χ3n) is 3.03. The van der Waals surface area contributed by atoms with Gasteiger partial charge in [0.1, 0.15) is 5.60 Å². The molecular weight excluding hydrogens is 256 g/mol. The Bertz CT molecular complexity index is 298. The maximum Gasteiger partial charge on any atom is 0.410 e. The molecule has 1 saturated carbocycles. The van der Waals surface area contributed by atoms with E-state index in [1.54, 1.807) is 0 Å². The van der Waals surface area contributed by atoms with Crippen LogP contribution in [0.4, 0.5) is 4.79 Å². The highest BCUT2D eigenvalue weighted by molar-refractivity contribution is 5.69. The molecule has 0 radical (unpaired) electrons. The molecule has 1 fully saturated rings. The fourth-order valence-corrected chi connectivity index (χ4v) is 1.91. The van der Waals surface area contributed by atoms with Crippen molar-refractivity contribution < 1.29 is 14.3 Å². The van der Waals surface area contributed by atoms with Crippen LogP contribution in [0.15, 0.2) is 0 Å². The first-order chi connectivity index (χ1) is 9.33. The Balaban J connectivity index is 2.31. The maximum atomic E-state index is 12.1. The Labute approximate surface area is 123 Å². The second kappa shape index (κ2) is 7.84. The molecule has 5 heteroatoms. The molecule has 0 bridgehead atoms. The molecule has 0 spiro atoms. The normalized spacial score (nSPS) is 16.9. The summed E-state index contributed by atoms with van der Waals surface area (Å²) >= 11 is 0. The lowest BCUT2D eigenvalue weighted by Gasteiger charge is -2.28. The summed E-state index contributed by atoms with van der Waals surface area (Å²) < 4.78 is 10.8. The van der Waals surface area contributed by atoms with E-state index in [2.05, 4.69) is 12.2 Å². The molecule has 1 aliphatic carbocycles. The van der Waals surface area contributed by atoms with E-state index in [-0.39, 0.29) is 6.09 Å². The van der Waals surface area contributed by atoms with Gasteiger partial charge in [-0.3, -0.25) is 0 Å². The zero-order chi connectivity index (χ0) is 15.2. The van der Waals surface area contributed by atoms with Crippen LogP contribution in [0.5, 0.6) is 0 Å². The number of ether oxygens (including phenoxy) is 2. The van der Waals surface area contributed by atoms with Crippen molar-refractivity contribution in [2.45, 2.75) is 65.1 Å². The van der Waals surface area contributed by atoms with Crippen molar-refractivity contribution >= 4 is 6.09 Å². The van der Waals surface area contributed by atoms with Crippen molar-refractivity contribution in [3.63, 3.8) is 0 Å². The molecule has 1 atom stereocenters. The number of nitrogens with zero attached hydrogens (tertiary/aromatic N) is 1. The second-order valence-electron chi connectivity index (χ2n) is 6.42. The number of carbonyl (C=O) groups is 1. The first-order valence-corrected chi connectivity index (χ1v) is 7.64. The van der Waals surface area contributed by atoms with Crippen LogP contribution in [-0.4, -0.2) is 55.0 Å². The van der Waals surface area contributed by atoms with E-state index >= 15 is 0 Å². The molecule has 1 rings (SSSR count). The van der Waals surface area contributed by atoms with Crippen molar-refractivity contribution in [2.24, 2.45) is 0 Å². The van der Waals surface area contributed by atoms with E-state index in [1.807, 2.05) is 32.6 Å². The van der Waals surface area contributed by atoms with Gasteiger partial charge >= 0.3 is 6.09 Å². The third-order valence-corrected chi connectivity index (χ3v) is 3.03. The second-order valence-corrected chi connectivity index (χ2v) is 6.42. The SMILES string of the molecule is CCOCC(C)NCCN(C(=O)OC(C)(C)C)C1CC1. The average Bonchev–Trinajstić information content (AvgIpc) is 3.13. The van der Waals surface area contributed by atoms with Gasteiger partial charge in [-0.15, -0.1) is 0 Å². The van der Waals surface area contributed by atoms with E-state index in [9.17, 15) is 4.79 Å². The molecule has 20 heavy (non-hydrogen) atoms. The van der Waals surface area contributed by atoms with Gasteiger partial charge in [0.25, 0.3) is 0 Å². The molecular formula is C15H30N2O3. The number of carbonyl (C=O) groups excluding carboxylic acids is 1. The Kier molecular flexibility index (Phi) is 6.76. The summed E-state index contributed by atoms with van der Waals surface area (Å²) in [6.07, 6.45) is 1.99. The fraction of sp³-hybridized carbons (Fsp3) is 0.933. The number of nitrogens with one attached hydrogen (secondary N) is 1. The monoisotopic (exact) mass is 286 g/mol. The minimum Gasteiger partial charge on any atom is -0.444 e. The van der Waals surface area contributed by atoms with Crippen LogP contribution < -0.4 is 5.32 Å². The van der Waals surface area contributed by atoms with Crippen LogP contribution in [0, 0.1) is 0 Å². The highest BCUT2D eigenvalue weighted by atomic mass is 16.6. The summed E-state index contributed by atoms with van der Waals surface area (Å²) in [6.45, 7) is 12.7. The molecule has 1 unspecified atom stereocenters. The van der Waals surface area contributed by atoms with Crippen LogP contribution in [0.3, 0.4) is 0 Å². The van der Waals surface area contributed by atoms with Crippen molar-refractivity contribution in [2.75, 3.05) is 26.3 Å². The van der Waals surface area contributed by atoms with Crippen LogP contribution >= 0.6 is 0 Å². The Morgan fingerprint density at radius 2 is 2.05 bits per heavy atom. The zero-order valence-electron chi connectivity index (χ0n) is 13.6. The van der Waals surface area contributed by atoms with Crippen molar-refractivity contribution in [1.29, 1.82) is 0 Å². The number of hydrogen-bond donors (Lipinski definition) is 1. The highest BCUT2D eigenvalue weighted by Crippen LogP contribution is 2.27. The summed E-state index contributed by atoms with van der Waals surface area (Å²) in [5, 5.41) is 3.37. The number of amides is 1. The summed E-state index contributed by atoms with van der Waals surface area (Å²) in [7, 11) is 0. The van der Waals surface area contributed by atoms with Crippen molar-refractivity contribution in [3.05, 3.63) is 0 Å². The third kappa shape index (κ3) is 7.10. The molecule has 118 valence electrons. The first kappa shape index (κ1) is 17.2. The van der Waals surface area contributed by atoms with Crippen LogP contribution in [0.1, 0.15) is 47.5 Å². The molecule has 0 saturated heterocycles. The largest absolute Gasteiger partial charge is 0.444 e. The maximum absolute atomic E-state index is 12.1. The summed E-state index contributed by atoms with van der Waals surface area (Å²) in [5.41, 5.74) is -0.431. The van der Waals surface area contributed by atoms with Crippen LogP contribution in [0.2, 0.25) is 0 Å². The molecule has 5 nitrogen and oxygen atoms in total. The van der Waals surface area contributed by atoms with E-state index in [1.165, 1.54) is 0 Å². The van der Waals surface area contributed by atoms with Gasteiger partial charge in [-0.2, -0.15) is 0 Å². The van der Waals surface area contributed by atoms with E-state index in [4.69, 9.17) is 9.47 Å². The zero-order valence-corrected chi connectivity index (χ0v) is 13.6. The molecule has 0 aromatic rings. The van der Waals surface area contributed by atoms with Gasteiger partial charge in [-0.1, -0.05) is 0 Å². The number of rotatable bonds is 8. The average molecular weight is 286 g/mol. The lowest BCUT2D eigenvalue weighted by molar-refractivity contribution is 0.0233. The Morgan fingerprint density at radius 3 is 2.55 bits per heavy atom. The minimum absolute atomic E-state index is 0.195. The van der Waals surface area contributed by atoms with Gasteiger partial charge in [0.05, 0.1) is 6.61 Å². The summed E-state index contributed by atoms with van der Waals surface area (Å²) in [5.74, 6) is 0. The topological polar surface area (TPSA) is 50.8 Å². The van der Waals surface area contributed by atoms with E-state index < -0.39 is 5.60 Å². The highest BCUT2D eigenvalue weighted by Gasteiger charge is 2.34. The quantitative estimate of drug-likeness (QED) is 0.744. The smallest absolute Gasteiger partial charge is 0.410 e. The lowest BCUT2D eigenvalue weighted by atomic mass is 10.2.